The molecule has 0 aromatic heterocycles. The molecule has 2 amide bonds. The molecule has 0 aromatic carbocycles. The second kappa shape index (κ2) is 6.45. The van der Waals surface area contributed by atoms with Crippen LogP contribution >= 0.6 is 12.6 Å². The van der Waals surface area contributed by atoms with E-state index in [4.69, 9.17) is 5.73 Å². The predicted octanol–water partition coefficient (Wildman–Crippen LogP) is -0.00750. The van der Waals surface area contributed by atoms with Gasteiger partial charge in [-0.2, -0.15) is 12.6 Å². The lowest BCUT2D eigenvalue weighted by molar-refractivity contribution is -0.145. The highest BCUT2D eigenvalue weighted by molar-refractivity contribution is 7.81. The third kappa shape index (κ3) is 4.13. The number of nitrogens with one attached hydrogen (secondary N) is 1. The Morgan fingerprint density at radius 2 is 1.86 bits per heavy atom. The maximum Gasteiger partial charge on any atom is 0.322 e. The summed E-state index contributed by atoms with van der Waals surface area (Å²) in [6.07, 6.45) is 1.24. The van der Waals surface area contributed by atoms with Gasteiger partial charge >= 0.3 is 5.97 Å². The largest absolute Gasteiger partial charge is 0.480 e. The second-order valence-electron chi connectivity index (χ2n) is 6.75. The van der Waals surface area contributed by atoms with Gasteiger partial charge in [0.05, 0.1) is 5.54 Å². The molecule has 1 unspecified atom stereocenters. The Balaban J connectivity index is 2.95. The minimum absolute atomic E-state index is 0.336. The van der Waals surface area contributed by atoms with Gasteiger partial charge in [-0.15, -0.1) is 0 Å². The zero-order valence-electron chi connectivity index (χ0n) is 13.4. The van der Waals surface area contributed by atoms with Crippen LogP contribution in [0.4, 0.5) is 0 Å². The van der Waals surface area contributed by atoms with Crippen molar-refractivity contribution >= 4 is 30.4 Å². The Bertz CT molecular complexity index is 473. The molecular formula is C14H25N3O4S. The molecule has 0 radical (unpaired) electrons. The van der Waals surface area contributed by atoms with Crippen LogP contribution in [-0.2, 0) is 14.4 Å². The van der Waals surface area contributed by atoms with E-state index in [0.717, 1.165) is 0 Å². The number of amides is 2. The molecule has 1 aliphatic rings. The number of aliphatic carboxylic acids is 1. The van der Waals surface area contributed by atoms with Gasteiger partial charge in [0.2, 0.25) is 11.8 Å². The fraction of sp³-hybridized carbons (Fsp3) is 0.786. The van der Waals surface area contributed by atoms with E-state index in [2.05, 4.69) is 17.9 Å². The molecule has 4 N–H and O–H groups in total. The van der Waals surface area contributed by atoms with Crippen LogP contribution in [0.1, 0.15) is 40.5 Å². The number of carbonyl (C=O) groups excluding carboxylic acids is 2. The molecule has 1 saturated heterocycles. The third-order valence-corrected chi connectivity index (χ3v) is 4.09. The lowest BCUT2D eigenvalue weighted by atomic mass is 9.96. The summed E-state index contributed by atoms with van der Waals surface area (Å²) in [6, 6.07) is -1.65. The lowest BCUT2D eigenvalue weighted by Crippen LogP contribution is -2.63. The first-order valence-corrected chi connectivity index (χ1v) is 7.66. The molecule has 0 aliphatic carbocycles. The Kier molecular flexibility index (Phi) is 5.51. The Morgan fingerprint density at radius 1 is 1.32 bits per heavy atom. The number of carboxylic acids is 1. The quantitative estimate of drug-likeness (QED) is 0.512. The van der Waals surface area contributed by atoms with Crippen LogP contribution in [0.3, 0.4) is 0 Å². The predicted molar refractivity (Wildman–Crippen MR) is 85.6 cm³/mol. The number of nitrogens with two attached hydrogens (primary N) is 1. The molecule has 2 atom stereocenters. The number of hydrogen-bond acceptors (Lipinski definition) is 5. The number of carboxylic acid groups (broad SMARTS) is 1. The maximum atomic E-state index is 12.7. The zero-order valence-corrected chi connectivity index (χ0v) is 14.3. The molecule has 126 valence electrons. The van der Waals surface area contributed by atoms with Crippen LogP contribution in [-0.4, -0.2) is 56.7 Å². The first-order chi connectivity index (χ1) is 9.88. The number of nitrogens with zero attached hydrogens (tertiary/aromatic N) is 1. The Hall–Kier alpha value is -1.28. The third-order valence-electron chi connectivity index (χ3n) is 3.84. The van der Waals surface area contributed by atoms with Crippen LogP contribution in [0.5, 0.6) is 0 Å². The SMILES string of the molecule is CC(C)(NC(C(=O)O)C(C)(C)S)C(=O)N1CCC[C@H]1C(N)=O. The van der Waals surface area contributed by atoms with Crippen LogP contribution in [0.2, 0.25) is 0 Å². The van der Waals surface area contributed by atoms with Gasteiger partial charge in [0.15, 0.2) is 0 Å². The highest BCUT2D eigenvalue weighted by atomic mass is 32.1. The van der Waals surface area contributed by atoms with Crippen molar-refractivity contribution in [1.29, 1.82) is 0 Å². The normalized spacial score (nSPS) is 20.8. The summed E-state index contributed by atoms with van der Waals surface area (Å²) in [6.45, 7) is 6.96. The number of thiol groups is 1. The van der Waals surface area contributed by atoms with E-state index in [1.165, 1.54) is 4.90 Å². The van der Waals surface area contributed by atoms with Gasteiger partial charge < -0.3 is 15.7 Å². The Morgan fingerprint density at radius 3 is 2.27 bits per heavy atom. The van der Waals surface area contributed by atoms with Gasteiger partial charge in [0.1, 0.15) is 12.1 Å². The van der Waals surface area contributed by atoms with E-state index in [9.17, 15) is 19.5 Å². The first kappa shape index (κ1) is 18.8. The van der Waals surface area contributed by atoms with Crippen molar-refractivity contribution in [3.8, 4) is 0 Å². The molecule has 1 heterocycles. The van der Waals surface area contributed by atoms with E-state index < -0.39 is 34.2 Å². The van der Waals surface area contributed by atoms with Gasteiger partial charge in [-0.3, -0.25) is 19.7 Å². The summed E-state index contributed by atoms with van der Waals surface area (Å²) in [4.78, 5) is 37.0. The molecule has 8 heteroatoms. The summed E-state index contributed by atoms with van der Waals surface area (Å²) >= 11 is 4.29. The van der Waals surface area contributed by atoms with Crippen molar-refractivity contribution in [1.82, 2.24) is 10.2 Å². The van der Waals surface area contributed by atoms with Gasteiger partial charge in [0.25, 0.3) is 0 Å². The molecule has 1 aliphatic heterocycles. The average molecular weight is 331 g/mol. The van der Waals surface area contributed by atoms with Crippen molar-refractivity contribution in [2.75, 3.05) is 6.54 Å². The standard InChI is InChI=1S/C14H25N3O4S/c1-13(2,16-9(11(19)20)14(3,4)22)12(21)17-7-5-6-8(17)10(15)18/h8-9,16,22H,5-7H2,1-4H3,(H2,15,18)(H,19,20)/t8-,9?/m0/s1. The summed E-state index contributed by atoms with van der Waals surface area (Å²) in [5, 5.41) is 12.2. The van der Waals surface area contributed by atoms with Gasteiger partial charge in [-0.1, -0.05) is 0 Å². The van der Waals surface area contributed by atoms with E-state index in [1.54, 1.807) is 27.7 Å². The summed E-state index contributed by atoms with van der Waals surface area (Å²) in [5.74, 6) is -1.96. The van der Waals surface area contributed by atoms with Crippen molar-refractivity contribution < 1.29 is 19.5 Å². The topological polar surface area (TPSA) is 113 Å². The minimum Gasteiger partial charge on any atom is -0.480 e. The lowest BCUT2D eigenvalue weighted by Gasteiger charge is -2.37. The summed E-state index contributed by atoms with van der Waals surface area (Å²) in [5.41, 5.74) is 4.18. The molecule has 0 aromatic rings. The molecule has 7 nitrogen and oxygen atoms in total. The molecule has 1 fully saturated rings. The van der Waals surface area contributed by atoms with Crippen molar-refractivity contribution in [3.63, 3.8) is 0 Å². The van der Waals surface area contributed by atoms with Gasteiger partial charge in [-0.25, -0.2) is 0 Å². The fourth-order valence-corrected chi connectivity index (χ4v) is 2.80. The van der Waals surface area contributed by atoms with E-state index in [1.807, 2.05) is 0 Å². The molecule has 0 saturated carbocycles. The average Bonchev–Trinajstić information content (AvgIpc) is 2.82. The summed E-state index contributed by atoms with van der Waals surface area (Å²) in [7, 11) is 0. The van der Waals surface area contributed by atoms with Crippen LogP contribution in [0, 0.1) is 0 Å². The second-order valence-corrected chi connectivity index (χ2v) is 7.91. The van der Waals surface area contributed by atoms with E-state index >= 15 is 0 Å². The van der Waals surface area contributed by atoms with Crippen molar-refractivity contribution in [2.24, 2.45) is 5.73 Å². The fourth-order valence-electron chi connectivity index (χ4n) is 2.63. The highest BCUT2D eigenvalue weighted by Gasteiger charge is 2.44. The smallest absolute Gasteiger partial charge is 0.322 e. The van der Waals surface area contributed by atoms with Crippen LogP contribution < -0.4 is 11.1 Å². The number of primary amides is 1. The maximum absolute atomic E-state index is 12.7. The number of hydrogen-bond donors (Lipinski definition) is 4. The number of likely N-dealkylation sites (tertiary alicyclic amines) is 1. The van der Waals surface area contributed by atoms with Crippen molar-refractivity contribution in [3.05, 3.63) is 0 Å². The number of carbonyl (C=O) groups is 3. The first-order valence-electron chi connectivity index (χ1n) is 7.21. The molecule has 0 spiro atoms. The van der Waals surface area contributed by atoms with Gasteiger partial charge in [0, 0.05) is 11.3 Å². The number of rotatable bonds is 6. The van der Waals surface area contributed by atoms with E-state index in [0.29, 0.717) is 19.4 Å². The molecule has 22 heavy (non-hydrogen) atoms. The summed E-state index contributed by atoms with van der Waals surface area (Å²) < 4.78 is -0.864. The monoisotopic (exact) mass is 331 g/mol. The van der Waals surface area contributed by atoms with Gasteiger partial charge in [-0.05, 0) is 40.5 Å². The van der Waals surface area contributed by atoms with Crippen LogP contribution in [0.25, 0.3) is 0 Å². The minimum atomic E-state index is -1.15. The molecular weight excluding hydrogens is 306 g/mol. The van der Waals surface area contributed by atoms with E-state index in [-0.39, 0.29) is 5.91 Å². The van der Waals surface area contributed by atoms with Crippen LogP contribution in [0.15, 0.2) is 0 Å². The molecule has 0 bridgehead atoms. The highest BCUT2D eigenvalue weighted by Crippen LogP contribution is 2.24. The molecule has 1 rings (SSSR count). The zero-order chi connectivity index (χ0) is 17.3. The Labute approximate surface area is 136 Å². The van der Waals surface area contributed by atoms with Crippen molar-refractivity contribution in [2.45, 2.75) is 62.9 Å².